The van der Waals surface area contributed by atoms with Gasteiger partial charge in [0.2, 0.25) is 0 Å². The highest BCUT2D eigenvalue weighted by Gasteiger charge is 2.14. The zero-order valence-electron chi connectivity index (χ0n) is 19.4. The lowest BCUT2D eigenvalue weighted by Crippen LogP contribution is -2.22. The van der Waals surface area contributed by atoms with Gasteiger partial charge >= 0.3 is 0 Å². The smallest absolute Gasteiger partial charge is 0.274 e. The Kier molecular flexibility index (Phi) is 6.34. The number of nitrogens with zero attached hydrogens (tertiary/aromatic N) is 2. The first kappa shape index (κ1) is 23.5. The van der Waals surface area contributed by atoms with E-state index in [9.17, 15) is 9.18 Å². The molecule has 0 radical (unpaired) electrons. The van der Waals surface area contributed by atoms with Crippen LogP contribution in [0.25, 0.3) is 22.1 Å². The van der Waals surface area contributed by atoms with Crippen LogP contribution in [-0.4, -0.2) is 16.0 Å². The molecule has 0 N–H and O–H groups in total. The molecule has 2 heterocycles. The van der Waals surface area contributed by atoms with Crippen LogP contribution in [0, 0.1) is 19.7 Å². The Labute approximate surface area is 213 Å². The molecule has 0 amide bonds. The van der Waals surface area contributed by atoms with Crippen molar-refractivity contribution >= 4 is 49.3 Å². The second-order valence-corrected chi connectivity index (χ2v) is 10.1. The topological polar surface area (TPSA) is 52.8 Å². The van der Waals surface area contributed by atoms with Crippen LogP contribution in [0.4, 0.5) is 4.39 Å². The molecule has 5 nitrogen and oxygen atoms in total. The minimum Gasteiger partial charge on any atom is -0.490 e. The van der Waals surface area contributed by atoms with Gasteiger partial charge in [0.05, 0.1) is 22.2 Å². The van der Waals surface area contributed by atoms with E-state index in [-0.39, 0.29) is 18.0 Å². The lowest BCUT2D eigenvalue weighted by molar-refractivity contribution is 0.269. The van der Waals surface area contributed by atoms with Gasteiger partial charge in [0.15, 0.2) is 16.5 Å². The summed E-state index contributed by atoms with van der Waals surface area (Å²) in [6.07, 6.45) is 1.83. The van der Waals surface area contributed by atoms with Crippen molar-refractivity contribution in [2.75, 3.05) is 6.61 Å². The van der Waals surface area contributed by atoms with Crippen LogP contribution in [-0.2, 0) is 6.61 Å². The lowest BCUT2D eigenvalue weighted by Gasteiger charge is -2.14. The molecule has 2 aromatic heterocycles. The van der Waals surface area contributed by atoms with Gasteiger partial charge in [0.25, 0.3) is 5.56 Å². The van der Waals surface area contributed by atoms with E-state index >= 15 is 0 Å². The van der Waals surface area contributed by atoms with Crippen LogP contribution in [0.3, 0.4) is 0 Å². The van der Waals surface area contributed by atoms with Gasteiger partial charge in [-0.25, -0.2) is 13.8 Å². The molecular weight excluding hydrogens is 531 g/mol. The van der Waals surface area contributed by atoms with E-state index in [1.807, 2.05) is 45.0 Å². The van der Waals surface area contributed by atoms with Crippen molar-refractivity contribution in [1.29, 1.82) is 0 Å². The first-order valence-corrected chi connectivity index (χ1v) is 12.7. The highest BCUT2D eigenvalue weighted by Crippen LogP contribution is 2.35. The van der Waals surface area contributed by atoms with Gasteiger partial charge < -0.3 is 9.47 Å². The number of rotatable bonds is 6. The van der Waals surface area contributed by atoms with Gasteiger partial charge in [-0.2, -0.15) is 0 Å². The summed E-state index contributed by atoms with van der Waals surface area (Å²) in [5.41, 5.74) is 5.30. The monoisotopic (exact) mass is 552 g/mol. The lowest BCUT2D eigenvalue weighted by atomic mass is 10.1. The fourth-order valence-corrected chi connectivity index (χ4v) is 5.30. The fourth-order valence-electron chi connectivity index (χ4n) is 3.89. The Morgan fingerprint density at radius 2 is 1.86 bits per heavy atom. The maximum absolute atomic E-state index is 13.5. The Morgan fingerprint density at radius 1 is 1.09 bits per heavy atom. The molecule has 0 spiro atoms. The Morgan fingerprint density at radius 3 is 2.63 bits per heavy atom. The van der Waals surface area contributed by atoms with Gasteiger partial charge in [-0.1, -0.05) is 39.4 Å². The maximum atomic E-state index is 13.5. The van der Waals surface area contributed by atoms with Crippen molar-refractivity contribution in [3.63, 3.8) is 0 Å². The summed E-state index contributed by atoms with van der Waals surface area (Å²) in [6, 6.07) is 14.0. The van der Waals surface area contributed by atoms with E-state index in [0.29, 0.717) is 27.6 Å². The molecular formula is C27H22BrFN2O3S. The number of fused-ring (bicyclic) bond motifs is 3. The van der Waals surface area contributed by atoms with Crippen LogP contribution in [0.1, 0.15) is 29.2 Å². The number of halogens is 2. The minimum atomic E-state index is -0.309. The summed E-state index contributed by atoms with van der Waals surface area (Å²) in [7, 11) is 0. The van der Waals surface area contributed by atoms with Crippen molar-refractivity contribution in [2.24, 2.45) is 0 Å². The Bertz CT molecular complexity index is 1690. The predicted octanol–water partition coefficient (Wildman–Crippen LogP) is 5.95. The number of benzene rings is 3. The third-order valence-corrected chi connectivity index (χ3v) is 7.44. The first-order valence-electron chi connectivity index (χ1n) is 11.1. The van der Waals surface area contributed by atoms with E-state index < -0.39 is 0 Å². The fraction of sp³-hybridized carbons (Fsp3) is 0.185. The van der Waals surface area contributed by atoms with Gasteiger partial charge in [0.1, 0.15) is 12.4 Å². The summed E-state index contributed by atoms with van der Waals surface area (Å²) in [5, 5.41) is 0. The summed E-state index contributed by atoms with van der Waals surface area (Å²) >= 11 is 4.95. The highest BCUT2D eigenvalue weighted by molar-refractivity contribution is 9.10. The van der Waals surface area contributed by atoms with Crippen LogP contribution >= 0.6 is 27.3 Å². The molecule has 0 atom stereocenters. The maximum Gasteiger partial charge on any atom is 0.274 e. The molecule has 0 fully saturated rings. The molecule has 3 aromatic carbocycles. The highest BCUT2D eigenvalue weighted by atomic mass is 79.9. The van der Waals surface area contributed by atoms with Gasteiger partial charge in [-0.05, 0) is 85.5 Å². The number of hydrogen-bond acceptors (Lipinski definition) is 5. The molecule has 0 bridgehead atoms. The first-order chi connectivity index (χ1) is 16.8. The molecule has 0 aliphatic carbocycles. The zero-order valence-corrected chi connectivity index (χ0v) is 21.8. The molecule has 178 valence electrons. The van der Waals surface area contributed by atoms with E-state index in [1.54, 1.807) is 22.6 Å². The van der Waals surface area contributed by atoms with E-state index in [0.717, 1.165) is 37.8 Å². The van der Waals surface area contributed by atoms with Crippen LogP contribution < -0.4 is 19.6 Å². The number of thiazole rings is 1. The number of hydrogen-bond donors (Lipinski definition) is 0. The Hall–Kier alpha value is -3.23. The Balaban J connectivity index is 1.54. The molecule has 0 aliphatic rings. The molecule has 0 saturated heterocycles. The van der Waals surface area contributed by atoms with Crippen LogP contribution in [0.5, 0.6) is 11.5 Å². The summed E-state index contributed by atoms with van der Waals surface area (Å²) in [6.45, 7) is 6.61. The SMILES string of the molecule is CCOc1cc(/C=c2\sc3nc4cc(C)c(C)cc4n3c2=O)c(Br)cc1OCc1cccc(F)c1. The number of ether oxygens (including phenoxy) is 2. The van der Waals surface area contributed by atoms with Crippen molar-refractivity contribution in [2.45, 2.75) is 27.4 Å². The average molecular weight is 553 g/mol. The number of aromatic nitrogens is 2. The van der Waals surface area contributed by atoms with Crippen LogP contribution in [0.15, 0.2) is 57.8 Å². The number of imidazole rings is 1. The molecule has 0 unspecified atom stereocenters. The van der Waals surface area contributed by atoms with E-state index in [1.165, 1.54) is 23.5 Å². The summed E-state index contributed by atoms with van der Waals surface area (Å²) in [5.74, 6) is 0.764. The van der Waals surface area contributed by atoms with E-state index in [2.05, 4.69) is 20.9 Å². The molecule has 0 saturated carbocycles. The van der Waals surface area contributed by atoms with Crippen molar-refractivity contribution in [3.8, 4) is 11.5 Å². The zero-order chi connectivity index (χ0) is 24.7. The molecule has 5 aromatic rings. The largest absolute Gasteiger partial charge is 0.490 e. The molecule has 35 heavy (non-hydrogen) atoms. The van der Waals surface area contributed by atoms with E-state index in [4.69, 9.17) is 9.47 Å². The molecule has 5 rings (SSSR count). The molecule has 0 aliphatic heterocycles. The second-order valence-electron chi connectivity index (χ2n) is 8.24. The predicted molar refractivity (Wildman–Crippen MR) is 141 cm³/mol. The standard InChI is InChI=1S/C27H22BrFN2O3S/c1-4-33-23-11-18(20(28)13-24(23)34-14-17-6-5-7-19(29)10-17)12-25-26(32)31-22-9-16(3)15(2)8-21(22)30-27(31)35-25/h5-13H,4,14H2,1-3H3/b25-12-. The van der Waals surface area contributed by atoms with Crippen molar-refractivity contribution in [3.05, 3.63) is 96.0 Å². The molecule has 8 heteroatoms. The second kappa shape index (κ2) is 9.43. The van der Waals surface area contributed by atoms with Crippen LogP contribution in [0.2, 0.25) is 0 Å². The van der Waals surface area contributed by atoms with Gasteiger partial charge in [-0.15, -0.1) is 0 Å². The van der Waals surface area contributed by atoms with Crippen molar-refractivity contribution in [1.82, 2.24) is 9.38 Å². The van der Waals surface area contributed by atoms with Crippen molar-refractivity contribution < 1.29 is 13.9 Å². The number of aryl methyl sites for hydroxylation is 2. The summed E-state index contributed by atoms with van der Waals surface area (Å²) in [4.78, 5) is 18.6. The van der Waals surface area contributed by atoms with Gasteiger partial charge in [0, 0.05) is 4.47 Å². The normalized spacial score (nSPS) is 12.1. The summed E-state index contributed by atoms with van der Waals surface area (Å²) < 4.78 is 28.2. The quantitative estimate of drug-likeness (QED) is 0.261. The third kappa shape index (κ3) is 4.56. The minimum absolute atomic E-state index is 0.105. The van der Waals surface area contributed by atoms with Gasteiger partial charge in [-0.3, -0.25) is 4.79 Å². The average Bonchev–Trinajstić information content (AvgIpc) is 3.31. The third-order valence-electron chi connectivity index (χ3n) is 5.79.